The van der Waals surface area contributed by atoms with Crippen LogP contribution in [0.5, 0.6) is 0 Å². The van der Waals surface area contributed by atoms with Crippen LogP contribution in [0.1, 0.15) is 42.5 Å². The molecule has 1 aliphatic rings. The number of aromatic nitrogens is 3. The van der Waals surface area contributed by atoms with Crippen molar-refractivity contribution in [1.82, 2.24) is 15.0 Å². The molecule has 3 aromatic rings. The Morgan fingerprint density at radius 3 is 2.32 bits per heavy atom. The molecule has 0 aliphatic carbocycles. The van der Waals surface area contributed by atoms with Crippen LogP contribution in [0.15, 0.2) is 66.9 Å². The number of ether oxygens (including phenoxy) is 1. The van der Waals surface area contributed by atoms with Crippen LogP contribution in [0.3, 0.4) is 0 Å². The minimum Gasteiger partial charge on any atom is -0.432 e. The molecule has 1 fully saturated rings. The zero-order chi connectivity index (χ0) is 24.1. The molecule has 1 aliphatic heterocycles. The molecule has 6 nitrogen and oxygen atoms in total. The summed E-state index contributed by atoms with van der Waals surface area (Å²) in [6.07, 6.45) is 4.82. The highest BCUT2D eigenvalue weighted by Gasteiger charge is 2.49. The van der Waals surface area contributed by atoms with Gasteiger partial charge in [0.1, 0.15) is 0 Å². The van der Waals surface area contributed by atoms with Gasteiger partial charge in [0.2, 0.25) is 0 Å². The average Bonchev–Trinajstić information content (AvgIpc) is 3.42. The largest absolute Gasteiger partial charge is 0.432 e. The van der Waals surface area contributed by atoms with Gasteiger partial charge in [0.15, 0.2) is 8.32 Å². The van der Waals surface area contributed by atoms with Crippen LogP contribution in [-0.2, 0) is 17.7 Å². The van der Waals surface area contributed by atoms with Crippen molar-refractivity contribution in [3.8, 4) is 0 Å². The van der Waals surface area contributed by atoms with E-state index in [2.05, 4.69) is 41.5 Å². The zero-order valence-electron chi connectivity index (χ0n) is 20.4. The fraction of sp³-hybridized carbons (Fsp3) is 0.481. The van der Waals surface area contributed by atoms with Crippen LogP contribution in [0.2, 0.25) is 18.6 Å². The molecule has 1 aromatic heterocycles. The highest BCUT2D eigenvalue weighted by Crippen LogP contribution is 2.45. The maximum Gasteiger partial charge on any atom is 0.188 e. The van der Waals surface area contributed by atoms with Crippen LogP contribution in [0.25, 0.3) is 0 Å². The predicted octanol–water partition coefficient (Wildman–Crippen LogP) is 4.40. The standard InChI is InChI=1S/C27H37N3O3Si/c1-20-25(15-14-21-10-6-4-7-11-21)33-26(27(20)34(2,3)32)16-17-30-18-24(28-29-30)23(19-31)22-12-8-5-9-13-22/h4-13,18,20,23,25-27,31-32H,14-17,19H2,1-3H3/t20-,23?,25+,26-,27+/m0/s1. The summed E-state index contributed by atoms with van der Waals surface area (Å²) in [7, 11) is -2.40. The van der Waals surface area contributed by atoms with E-state index in [1.807, 2.05) is 60.4 Å². The van der Waals surface area contributed by atoms with Gasteiger partial charge in [-0.05, 0) is 49.4 Å². The van der Waals surface area contributed by atoms with Crippen molar-refractivity contribution in [2.45, 2.75) is 69.5 Å². The van der Waals surface area contributed by atoms with Gasteiger partial charge in [-0.2, -0.15) is 0 Å². The number of hydrogen-bond acceptors (Lipinski definition) is 5. The molecule has 1 unspecified atom stereocenters. The van der Waals surface area contributed by atoms with Crippen molar-refractivity contribution in [2.24, 2.45) is 5.92 Å². The Balaban J connectivity index is 1.41. The van der Waals surface area contributed by atoms with Gasteiger partial charge >= 0.3 is 0 Å². The number of aryl methyl sites for hydroxylation is 2. The quantitative estimate of drug-likeness (QED) is 0.422. The molecular weight excluding hydrogens is 442 g/mol. The first kappa shape index (κ1) is 24.8. The lowest BCUT2D eigenvalue weighted by Crippen LogP contribution is -2.40. The molecule has 1 saturated heterocycles. The van der Waals surface area contributed by atoms with Gasteiger partial charge < -0.3 is 14.6 Å². The zero-order valence-corrected chi connectivity index (χ0v) is 21.4. The van der Waals surface area contributed by atoms with Crippen molar-refractivity contribution >= 4 is 8.32 Å². The Morgan fingerprint density at radius 1 is 1.00 bits per heavy atom. The molecule has 2 N–H and O–H groups in total. The highest BCUT2D eigenvalue weighted by atomic mass is 28.4. The number of aliphatic hydroxyl groups is 1. The monoisotopic (exact) mass is 479 g/mol. The van der Waals surface area contributed by atoms with Crippen molar-refractivity contribution in [3.63, 3.8) is 0 Å². The lowest BCUT2D eigenvalue weighted by atomic mass is 9.95. The second-order valence-electron chi connectivity index (χ2n) is 10.1. The van der Waals surface area contributed by atoms with Crippen molar-refractivity contribution < 1.29 is 14.6 Å². The topological polar surface area (TPSA) is 80.4 Å². The average molecular weight is 480 g/mol. The molecule has 7 heteroatoms. The maximum absolute atomic E-state index is 11.1. The minimum atomic E-state index is -2.40. The maximum atomic E-state index is 11.1. The first-order chi connectivity index (χ1) is 16.4. The molecule has 5 atom stereocenters. The molecule has 34 heavy (non-hydrogen) atoms. The summed E-state index contributed by atoms with van der Waals surface area (Å²) in [6.45, 7) is 6.96. The number of hydrogen-bond donors (Lipinski definition) is 2. The lowest BCUT2D eigenvalue weighted by molar-refractivity contribution is 0.0245. The molecule has 0 spiro atoms. The summed E-state index contributed by atoms with van der Waals surface area (Å²) < 4.78 is 8.42. The van der Waals surface area contributed by atoms with Crippen LogP contribution in [0.4, 0.5) is 0 Å². The van der Waals surface area contributed by atoms with E-state index >= 15 is 0 Å². The molecular formula is C27H37N3O3Si. The van der Waals surface area contributed by atoms with Gasteiger partial charge in [-0.25, -0.2) is 0 Å². The smallest absolute Gasteiger partial charge is 0.188 e. The third-order valence-electron chi connectivity index (χ3n) is 7.22. The summed E-state index contributed by atoms with van der Waals surface area (Å²) in [6, 6.07) is 20.4. The summed E-state index contributed by atoms with van der Waals surface area (Å²) in [4.78, 5) is 11.1. The summed E-state index contributed by atoms with van der Waals surface area (Å²) in [5, 5.41) is 18.6. The van der Waals surface area contributed by atoms with E-state index in [1.54, 1.807) is 0 Å². The summed E-state index contributed by atoms with van der Waals surface area (Å²) in [5.74, 6) is 0.139. The van der Waals surface area contributed by atoms with Gasteiger partial charge in [-0.15, -0.1) is 5.10 Å². The normalized spacial score (nSPS) is 23.8. The number of nitrogens with zero attached hydrogens (tertiary/aromatic N) is 3. The van der Waals surface area contributed by atoms with Crippen molar-refractivity contribution in [3.05, 3.63) is 83.7 Å². The van der Waals surface area contributed by atoms with Gasteiger partial charge in [0.25, 0.3) is 0 Å². The van der Waals surface area contributed by atoms with Gasteiger partial charge in [0.05, 0.1) is 30.4 Å². The summed E-state index contributed by atoms with van der Waals surface area (Å²) in [5.41, 5.74) is 3.31. The predicted molar refractivity (Wildman–Crippen MR) is 136 cm³/mol. The first-order valence-corrected chi connectivity index (χ1v) is 15.4. The Hall–Kier alpha value is -2.32. The van der Waals surface area contributed by atoms with Crippen LogP contribution in [-0.4, -0.2) is 52.0 Å². The summed E-state index contributed by atoms with van der Waals surface area (Å²) >= 11 is 0. The third kappa shape index (κ3) is 5.83. The number of benzene rings is 2. The SMILES string of the molecule is C[C@@H]1[C@@H]([Si](C)(C)O)[C@H](CCn2cc(C(CO)c3ccccc3)nn2)O[C@@H]1CCc1ccccc1. The number of rotatable bonds is 10. The molecule has 4 rings (SSSR count). The van der Waals surface area contributed by atoms with Gasteiger partial charge in [0, 0.05) is 18.3 Å². The van der Waals surface area contributed by atoms with E-state index in [0.717, 1.165) is 30.5 Å². The number of aliphatic hydroxyl groups excluding tert-OH is 1. The van der Waals surface area contributed by atoms with E-state index < -0.39 is 8.32 Å². The van der Waals surface area contributed by atoms with Crippen LogP contribution in [0, 0.1) is 5.92 Å². The van der Waals surface area contributed by atoms with E-state index in [1.165, 1.54) is 5.56 Å². The van der Waals surface area contributed by atoms with Crippen LogP contribution < -0.4 is 0 Å². The second kappa shape index (κ2) is 10.9. The Morgan fingerprint density at radius 2 is 1.68 bits per heavy atom. The van der Waals surface area contributed by atoms with E-state index in [0.29, 0.717) is 12.5 Å². The Labute approximate surface area is 203 Å². The van der Waals surface area contributed by atoms with E-state index in [4.69, 9.17) is 4.74 Å². The van der Waals surface area contributed by atoms with Crippen molar-refractivity contribution in [2.75, 3.05) is 6.61 Å². The second-order valence-corrected chi connectivity index (χ2v) is 14.1. The molecule has 0 bridgehead atoms. The Bertz CT molecular complexity index is 1020. The molecule has 2 heterocycles. The van der Waals surface area contributed by atoms with Crippen molar-refractivity contribution in [1.29, 1.82) is 0 Å². The fourth-order valence-corrected chi connectivity index (χ4v) is 8.19. The van der Waals surface area contributed by atoms with Gasteiger partial charge in [-0.1, -0.05) is 72.8 Å². The van der Waals surface area contributed by atoms with E-state index in [-0.39, 0.29) is 30.3 Å². The van der Waals surface area contributed by atoms with E-state index in [9.17, 15) is 9.90 Å². The first-order valence-electron chi connectivity index (χ1n) is 12.3. The molecule has 0 amide bonds. The lowest BCUT2D eigenvalue weighted by Gasteiger charge is -2.30. The minimum absolute atomic E-state index is 0.0119. The molecule has 0 saturated carbocycles. The highest BCUT2D eigenvalue weighted by molar-refractivity contribution is 6.71. The Kier molecular flexibility index (Phi) is 7.98. The molecule has 182 valence electrons. The molecule has 2 aromatic carbocycles. The molecule has 0 radical (unpaired) electrons. The fourth-order valence-electron chi connectivity index (χ4n) is 5.53. The van der Waals surface area contributed by atoms with Gasteiger partial charge in [-0.3, -0.25) is 4.68 Å². The third-order valence-corrected chi connectivity index (χ3v) is 9.75. The van der Waals surface area contributed by atoms with Crippen LogP contribution >= 0.6 is 0 Å².